The van der Waals surface area contributed by atoms with Gasteiger partial charge in [0.1, 0.15) is 6.04 Å². The van der Waals surface area contributed by atoms with Crippen molar-refractivity contribution in [1.29, 1.82) is 0 Å². The minimum atomic E-state index is -4.21. The summed E-state index contributed by atoms with van der Waals surface area (Å²) in [5.74, 6) is -0.806. The molecule has 0 aliphatic rings. The predicted octanol–water partition coefficient (Wildman–Crippen LogP) is 2.74. The fraction of sp³-hybridized carbons (Fsp3) is 0.238. The van der Waals surface area contributed by atoms with Crippen LogP contribution >= 0.6 is 0 Å². The van der Waals surface area contributed by atoms with Gasteiger partial charge in [-0.25, -0.2) is 8.42 Å². The Morgan fingerprint density at radius 2 is 1.87 bits per heavy atom. The first-order valence-electron chi connectivity index (χ1n) is 9.07. The van der Waals surface area contributed by atoms with E-state index in [1.807, 2.05) is 11.6 Å². The summed E-state index contributed by atoms with van der Waals surface area (Å²) in [4.78, 5) is 23.4. The minimum Gasteiger partial charge on any atom is -0.493 e. The average molecular weight is 433 g/mol. The molecule has 0 fully saturated rings. The predicted molar refractivity (Wildman–Crippen MR) is 111 cm³/mol. The van der Waals surface area contributed by atoms with Gasteiger partial charge in [-0.3, -0.25) is 9.59 Å². The maximum atomic E-state index is 12.7. The second kappa shape index (κ2) is 10.0. The zero-order valence-electron chi connectivity index (χ0n) is 16.8. The topological polar surface area (TPSA) is 119 Å². The second-order valence-corrected chi connectivity index (χ2v) is 7.90. The second-order valence-electron chi connectivity index (χ2n) is 6.22. The van der Waals surface area contributed by atoms with Gasteiger partial charge in [0.2, 0.25) is 10.0 Å². The summed E-state index contributed by atoms with van der Waals surface area (Å²) in [6.07, 6.45) is 2.77. The molecule has 160 valence electrons. The molecule has 0 heterocycles. The van der Waals surface area contributed by atoms with Crippen LogP contribution in [0.25, 0.3) is 6.08 Å². The number of carbonyl (C=O) groups is 2. The Morgan fingerprint density at radius 1 is 1.17 bits per heavy atom. The highest BCUT2D eigenvalue weighted by molar-refractivity contribution is 7.89. The molecule has 2 rings (SSSR count). The molecule has 0 aliphatic carbocycles. The van der Waals surface area contributed by atoms with Crippen molar-refractivity contribution in [3.05, 3.63) is 59.7 Å². The number of ether oxygens (including phenoxy) is 2. The summed E-state index contributed by atoms with van der Waals surface area (Å²) in [5, 5.41) is 8.95. The summed E-state index contributed by atoms with van der Waals surface area (Å²) in [5.41, 5.74) is 0.586. The van der Waals surface area contributed by atoms with E-state index in [1.165, 1.54) is 50.5 Å². The lowest BCUT2D eigenvalue weighted by molar-refractivity contribution is -0.138. The van der Waals surface area contributed by atoms with E-state index < -0.39 is 27.8 Å². The number of carbonyl (C=O) groups excluding carboxylic acids is 1. The Morgan fingerprint density at radius 3 is 2.50 bits per heavy atom. The summed E-state index contributed by atoms with van der Waals surface area (Å²) < 4.78 is 37.9. The van der Waals surface area contributed by atoms with Crippen molar-refractivity contribution < 1.29 is 32.6 Å². The third-order valence-electron chi connectivity index (χ3n) is 4.06. The number of methoxy groups -OCH3 is 1. The maximum Gasteiger partial charge on any atom is 0.321 e. The van der Waals surface area contributed by atoms with Crippen LogP contribution in [0.15, 0.2) is 53.4 Å². The molecule has 30 heavy (non-hydrogen) atoms. The molecule has 0 aliphatic heterocycles. The molecule has 1 unspecified atom stereocenters. The third-order valence-corrected chi connectivity index (χ3v) is 5.66. The van der Waals surface area contributed by atoms with Crippen molar-refractivity contribution in [3.63, 3.8) is 0 Å². The van der Waals surface area contributed by atoms with Gasteiger partial charge in [0.05, 0.1) is 18.6 Å². The van der Waals surface area contributed by atoms with E-state index in [9.17, 15) is 18.0 Å². The van der Waals surface area contributed by atoms with Crippen LogP contribution in [0.1, 0.15) is 29.8 Å². The van der Waals surface area contributed by atoms with Gasteiger partial charge in [-0.05, 0) is 49.8 Å². The normalized spacial score (nSPS) is 12.5. The molecule has 8 nitrogen and oxygen atoms in total. The van der Waals surface area contributed by atoms with Crippen molar-refractivity contribution >= 4 is 27.9 Å². The van der Waals surface area contributed by atoms with Crippen LogP contribution in [0.2, 0.25) is 0 Å². The Balaban J connectivity index is 2.33. The van der Waals surface area contributed by atoms with Crippen LogP contribution < -0.4 is 14.2 Å². The molecule has 0 radical (unpaired) electrons. The largest absolute Gasteiger partial charge is 0.493 e. The van der Waals surface area contributed by atoms with Gasteiger partial charge < -0.3 is 14.6 Å². The van der Waals surface area contributed by atoms with Crippen LogP contribution in [0, 0.1) is 0 Å². The number of carboxylic acid groups (broad SMARTS) is 1. The van der Waals surface area contributed by atoms with E-state index in [2.05, 4.69) is 0 Å². The van der Waals surface area contributed by atoms with E-state index in [0.717, 1.165) is 0 Å². The number of rotatable bonds is 10. The smallest absolute Gasteiger partial charge is 0.321 e. The van der Waals surface area contributed by atoms with Gasteiger partial charge in [-0.1, -0.05) is 24.3 Å². The lowest BCUT2D eigenvalue weighted by atomic mass is 10.1. The summed E-state index contributed by atoms with van der Waals surface area (Å²) in [7, 11) is -2.69. The van der Waals surface area contributed by atoms with E-state index in [4.69, 9.17) is 14.6 Å². The van der Waals surface area contributed by atoms with Crippen LogP contribution in [0.4, 0.5) is 0 Å². The van der Waals surface area contributed by atoms with Gasteiger partial charge >= 0.3 is 5.97 Å². The highest BCUT2D eigenvalue weighted by Gasteiger charge is 2.25. The number of benzene rings is 2. The van der Waals surface area contributed by atoms with Gasteiger partial charge in [-0.2, -0.15) is 4.72 Å². The molecule has 0 bridgehead atoms. The van der Waals surface area contributed by atoms with E-state index in [0.29, 0.717) is 23.7 Å². The first-order valence-corrected chi connectivity index (χ1v) is 10.5. The molecule has 0 aromatic heterocycles. The van der Waals surface area contributed by atoms with Crippen molar-refractivity contribution in [2.75, 3.05) is 13.7 Å². The highest BCUT2D eigenvalue weighted by Crippen LogP contribution is 2.28. The van der Waals surface area contributed by atoms with E-state index >= 15 is 0 Å². The molecule has 0 saturated heterocycles. The van der Waals surface area contributed by atoms with Crippen LogP contribution in [-0.2, 0) is 14.8 Å². The molecule has 2 aromatic carbocycles. The summed E-state index contributed by atoms with van der Waals surface area (Å²) in [6, 6.07) is 9.38. The molecule has 0 saturated carbocycles. The molecule has 0 amide bonds. The Bertz CT molecular complexity index is 1060. The number of nitrogens with one attached hydrogen (secondary N) is 1. The number of ketones is 1. The quantitative estimate of drug-likeness (QED) is 0.437. The number of aliphatic carboxylic acids is 1. The number of allylic oxidation sites excluding steroid dienone is 1. The van der Waals surface area contributed by atoms with Gasteiger partial charge in [0, 0.05) is 5.56 Å². The van der Waals surface area contributed by atoms with Crippen molar-refractivity contribution in [2.24, 2.45) is 0 Å². The average Bonchev–Trinajstić information content (AvgIpc) is 2.72. The SMILES string of the molecule is CCOc1cc(C=CC(=O)c2ccccc2S(=O)(=O)NC(C)C(=O)O)ccc1OC. The van der Waals surface area contributed by atoms with E-state index in [1.54, 1.807) is 18.2 Å². The van der Waals surface area contributed by atoms with Gasteiger partial charge in [0.15, 0.2) is 17.3 Å². The van der Waals surface area contributed by atoms with Gasteiger partial charge in [-0.15, -0.1) is 0 Å². The lowest BCUT2D eigenvalue weighted by Gasteiger charge is -2.12. The number of hydrogen-bond donors (Lipinski definition) is 2. The fourth-order valence-corrected chi connectivity index (χ4v) is 3.99. The first-order chi connectivity index (χ1) is 14.2. The number of hydrogen-bond acceptors (Lipinski definition) is 6. The summed E-state index contributed by atoms with van der Waals surface area (Å²) in [6.45, 7) is 3.47. The molecule has 1 atom stereocenters. The van der Waals surface area contributed by atoms with Crippen molar-refractivity contribution in [2.45, 2.75) is 24.8 Å². The molecule has 2 aromatic rings. The standard InChI is InChI=1S/C21H23NO7S/c1-4-29-19-13-15(10-12-18(19)28-3)9-11-17(23)16-7-5-6-8-20(16)30(26,27)22-14(2)21(24)25/h5-14,22H,4H2,1-3H3,(H,24,25). The zero-order chi connectivity index (χ0) is 22.3. The Kier molecular flexibility index (Phi) is 7.73. The molecular weight excluding hydrogens is 410 g/mol. The fourth-order valence-electron chi connectivity index (χ4n) is 2.58. The van der Waals surface area contributed by atoms with E-state index in [-0.39, 0.29) is 10.5 Å². The minimum absolute atomic E-state index is 0.0719. The van der Waals surface area contributed by atoms with Gasteiger partial charge in [0.25, 0.3) is 0 Å². The maximum absolute atomic E-state index is 12.7. The Hall–Kier alpha value is -3.17. The van der Waals surface area contributed by atoms with Crippen LogP contribution in [0.3, 0.4) is 0 Å². The Labute approximate surface area is 175 Å². The molecule has 2 N–H and O–H groups in total. The number of sulfonamides is 1. The monoisotopic (exact) mass is 433 g/mol. The first kappa shape index (κ1) is 23.1. The molecular formula is C21H23NO7S. The molecule has 9 heteroatoms. The zero-order valence-corrected chi connectivity index (χ0v) is 17.6. The third kappa shape index (κ3) is 5.68. The number of carboxylic acids is 1. The van der Waals surface area contributed by atoms with Crippen molar-refractivity contribution in [3.8, 4) is 11.5 Å². The summed E-state index contributed by atoms with van der Waals surface area (Å²) >= 11 is 0. The lowest BCUT2D eigenvalue weighted by Crippen LogP contribution is -2.38. The highest BCUT2D eigenvalue weighted by atomic mass is 32.2. The van der Waals surface area contributed by atoms with Crippen LogP contribution in [0.5, 0.6) is 11.5 Å². The van der Waals surface area contributed by atoms with Crippen LogP contribution in [-0.4, -0.2) is 45.0 Å². The van der Waals surface area contributed by atoms with Crippen molar-refractivity contribution in [1.82, 2.24) is 4.72 Å². The molecule has 0 spiro atoms.